The first-order chi connectivity index (χ1) is 23.7. The maximum Gasteiger partial charge on any atom is 0.400 e. The maximum absolute atomic E-state index is 14.7. The second-order valence-electron chi connectivity index (χ2n) is 10.7. The summed E-state index contributed by atoms with van der Waals surface area (Å²) < 4.78 is 97.5. The number of carbonyl (C=O) groups excluding carboxylic acids is 1. The largest absolute Gasteiger partial charge is 0.412 e. The number of anilines is 1. The van der Waals surface area contributed by atoms with E-state index in [1.807, 2.05) is 0 Å². The topological polar surface area (TPSA) is 194 Å². The fraction of sp³-hybridized carbons (Fsp3) is 0.471. The van der Waals surface area contributed by atoms with Gasteiger partial charge in [0, 0.05) is 55.4 Å². The zero-order valence-electron chi connectivity index (χ0n) is 29.7. The summed E-state index contributed by atoms with van der Waals surface area (Å²) in [6.07, 6.45) is 4.50. The number of benzene rings is 1. The van der Waals surface area contributed by atoms with Crippen LogP contribution in [0.4, 0.5) is 36.4 Å². The molecule has 304 valence electrons. The van der Waals surface area contributed by atoms with E-state index in [1.54, 1.807) is 21.1 Å². The quantitative estimate of drug-likeness (QED) is 0.0666. The van der Waals surface area contributed by atoms with Gasteiger partial charge in [-0.15, -0.1) is 0 Å². The molecule has 1 unspecified atom stereocenters. The van der Waals surface area contributed by atoms with Crippen molar-refractivity contribution in [2.45, 2.75) is 44.4 Å². The number of ether oxygens (including phenoxy) is 2. The van der Waals surface area contributed by atoms with Crippen LogP contribution in [-0.2, 0) is 25.6 Å². The molecule has 3 atom stereocenters. The summed E-state index contributed by atoms with van der Waals surface area (Å²) in [5.74, 6) is -3.53. The van der Waals surface area contributed by atoms with Crippen LogP contribution in [0, 0.1) is 24.5 Å². The Balaban J connectivity index is -0.000000310. The number of nitrogens with zero attached hydrogens (tertiary/aromatic N) is 1. The van der Waals surface area contributed by atoms with Gasteiger partial charge in [0.2, 0.25) is 5.91 Å². The minimum absolute atomic E-state index is 0. The summed E-state index contributed by atoms with van der Waals surface area (Å²) >= 11 is 0. The SMILES string of the molecule is C=C(F)/C=C\C=C\C(CF)[C@@H](CC(=O)Nc1cncc(F)c1CC[C@@H]1CNCCO1)c1ccc(F)cc1C.COC.COO.N.NCC(F)(F)F.O.[HH].[HH].[HH]. The van der Waals surface area contributed by atoms with Gasteiger partial charge >= 0.3 is 6.18 Å². The van der Waals surface area contributed by atoms with Gasteiger partial charge < -0.3 is 37.5 Å². The van der Waals surface area contributed by atoms with Gasteiger partial charge in [-0.25, -0.2) is 18.1 Å². The number of pyridine rings is 1. The molecule has 1 amide bonds. The first-order valence-electron chi connectivity index (χ1n) is 15.3. The molecule has 3 rings (SSSR count). The molecule has 18 heteroatoms. The average Bonchev–Trinajstić information content (AvgIpc) is 3.05. The normalized spacial score (nSPS) is 14.9. The summed E-state index contributed by atoms with van der Waals surface area (Å²) in [6, 6.07) is 4.12. The number of allylic oxidation sites excluding steroid dienone is 5. The van der Waals surface area contributed by atoms with Crippen molar-refractivity contribution in [1.82, 2.24) is 16.5 Å². The molecule has 1 aliphatic heterocycles. The highest BCUT2D eigenvalue weighted by Gasteiger charge is 2.27. The first kappa shape index (κ1) is 52.6. The van der Waals surface area contributed by atoms with E-state index in [2.05, 4.69) is 37.6 Å². The number of carbonyl (C=O) groups is 1. The summed E-state index contributed by atoms with van der Waals surface area (Å²) in [5.41, 5.74) is 5.91. The molecule has 52 heavy (non-hydrogen) atoms. The van der Waals surface area contributed by atoms with Crippen LogP contribution in [0.1, 0.15) is 39.7 Å². The number of aryl methyl sites for hydroxylation is 1. The number of hydrogen-bond donors (Lipinski definition) is 5. The fourth-order valence-corrected chi connectivity index (χ4v) is 4.54. The minimum atomic E-state index is -4.18. The zero-order chi connectivity index (χ0) is 38.1. The smallest absolute Gasteiger partial charge is 0.400 e. The van der Waals surface area contributed by atoms with Crippen LogP contribution in [0.25, 0.3) is 0 Å². The zero-order valence-corrected chi connectivity index (χ0v) is 29.7. The molecule has 1 fully saturated rings. The van der Waals surface area contributed by atoms with Crippen LogP contribution >= 0.6 is 0 Å². The number of halogens is 7. The van der Waals surface area contributed by atoms with Gasteiger partial charge in [-0.05, 0) is 49.1 Å². The average molecular weight is 766 g/mol. The molecule has 1 saturated heterocycles. The number of aromatic nitrogens is 1. The van der Waals surface area contributed by atoms with Crippen molar-refractivity contribution in [3.05, 3.63) is 95.6 Å². The molecule has 0 bridgehead atoms. The molecule has 0 radical (unpaired) electrons. The lowest BCUT2D eigenvalue weighted by molar-refractivity contribution is -0.214. The molecule has 0 saturated carbocycles. The number of nitrogens with one attached hydrogen (secondary N) is 2. The van der Waals surface area contributed by atoms with Crippen LogP contribution in [0.15, 0.2) is 67.3 Å². The molecule has 1 aromatic carbocycles. The summed E-state index contributed by atoms with van der Waals surface area (Å²) in [7, 11) is 4.43. The van der Waals surface area contributed by atoms with Crippen molar-refractivity contribution < 1.29 is 64.9 Å². The second kappa shape index (κ2) is 29.8. The van der Waals surface area contributed by atoms with Crippen molar-refractivity contribution in [3.8, 4) is 0 Å². The highest BCUT2D eigenvalue weighted by molar-refractivity contribution is 5.92. The molecule has 10 N–H and O–H groups in total. The summed E-state index contributed by atoms with van der Waals surface area (Å²) in [6.45, 7) is 4.80. The second-order valence-corrected chi connectivity index (χ2v) is 10.7. The van der Waals surface area contributed by atoms with Crippen LogP contribution in [0.5, 0.6) is 0 Å². The maximum atomic E-state index is 14.7. The van der Waals surface area contributed by atoms with Crippen molar-refractivity contribution in [2.75, 3.05) is 59.6 Å². The lowest BCUT2D eigenvalue weighted by Gasteiger charge is -2.25. The highest BCUT2D eigenvalue weighted by atomic mass is 19.4. The third-order valence-electron chi connectivity index (χ3n) is 6.71. The number of hydrogen-bond acceptors (Lipinski definition) is 9. The Morgan fingerprint density at radius 1 is 1.25 bits per heavy atom. The van der Waals surface area contributed by atoms with Crippen LogP contribution in [0.3, 0.4) is 0 Å². The minimum Gasteiger partial charge on any atom is -0.412 e. The van der Waals surface area contributed by atoms with E-state index in [9.17, 15) is 35.5 Å². The monoisotopic (exact) mass is 765 g/mol. The van der Waals surface area contributed by atoms with Gasteiger partial charge in [-0.1, -0.05) is 30.9 Å². The van der Waals surface area contributed by atoms with Crippen molar-refractivity contribution in [2.24, 2.45) is 11.7 Å². The van der Waals surface area contributed by atoms with Crippen molar-refractivity contribution in [3.63, 3.8) is 0 Å². The van der Waals surface area contributed by atoms with Gasteiger partial charge in [0.05, 0.1) is 51.1 Å². The Morgan fingerprint density at radius 3 is 2.37 bits per heavy atom. The predicted octanol–water partition coefficient (Wildman–Crippen LogP) is 6.83. The van der Waals surface area contributed by atoms with E-state index in [0.29, 0.717) is 42.7 Å². The van der Waals surface area contributed by atoms with Gasteiger partial charge in [-0.3, -0.25) is 19.4 Å². The molecule has 11 nitrogen and oxygen atoms in total. The Bertz CT molecular complexity index is 1340. The Hall–Kier alpha value is -3.75. The molecular weight excluding hydrogens is 707 g/mol. The molecule has 2 heterocycles. The number of nitrogens with two attached hydrogens (primary N) is 1. The lowest BCUT2D eigenvalue weighted by Crippen LogP contribution is -2.38. The highest BCUT2D eigenvalue weighted by Crippen LogP contribution is 2.33. The lowest BCUT2D eigenvalue weighted by atomic mass is 9.81. The van der Waals surface area contributed by atoms with E-state index in [0.717, 1.165) is 18.8 Å². The van der Waals surface area contributed by atoms with E-state index in [-0.39, 0.29) is 34.1 Å². The molecular formula is C34H58F7N5O6. The number of amides is 1. The fourth-order valence-electron chi connectivity index (χ4n) is 4.54. The van der Waals surface area contributed by atoms with Gasteiger partial charge in [0.15, 0.2) is 0 Å². The van der Waals surface area contributed by atoms with Crippen molar-refractivity contribution in [1.29, 1.82) is 0 Å². The Labute approximate surface area is 304 Å². The molecule has 1 aliphatic rings. The predicted molar refractivity (Wildman–Crippen MR) is 193 cm³/mol. The van der Waals surface area contributed by atoms with Gasteiger partial charge in [0.1, 0.15) is 17.5 Å². The van der Waals surface area contributed by atoms with Crippen LogP contribution in [0.2, 0.25) is 0 Å². The number of morpholine rings is 1. The molecule has 1 aromatic heterocycles. The third-order valence-corrected chi connectivity index (χ3v) is 6.71. The van der Waals surface area contributed by atoms with E-state index in [1.165, 1.54) is 49.7 Å². The summed E-state index contributed by atoms with van der Waals surface area (Å²) in [5, 5.41) is 13.0. The van der Waals surface area contributed by atoms with Crippen molar-refractivity contribution >= 4 is 11.6 Å². The number of methoxy groups -OCH3 is 1. The number of alkyl halides is 4. The number of rotatable bonds is 12. The van der Waals surface area contributed by atoms with Gasteiger partial charge in [-0.2, -0.15) is 13.2 Å². The van der Waals surface area contributed by atoms with E-state index in [4.69, 9.17) is 9.99 Å². The standard InChI is InChI=1S/C29H33F4N3O2.C2H4F3N.C2H6O.CH4O2.H3N.H2O.3H2/c1-19-13-22(32)7-9-24(19)26(21(15-30)6-4-3-5-20(2)31)14-29(37)36-28-18-35-17-27(33)25(28)10-8-23-16-34-11-12-38-23;3-2(4,5)1-6;2*1-3-2;;;;;/h3-7,9,13,17-18,21,23,26,34H,2,8,10-12,14-16H2,1H3,(H,36,37);1,6H2;1-2H3;2H,1H3;1H3;1H2;3*1H/b5-3-,6-4+;;;;;;;;/t21?,23-,26-;;;;;;;;/m1......../s1. The third kappa shape index (κ3) is 22.9. The Kier molecular flexibility index (Phi) is 30.1. The molecule has 2 aromatic rings. The van der Waals surface area contributed by atoms with Crippen LogP contribution in [-0.4, -0.2) is 88.1 Å². The first-order valence-corrected chi connectivity index (χ1v) is 15.3. The summed E-state index contributed by atoms with van der Waals surface area (Å²) in [4.78, 5) is 20.3. The Morgan fingerprint density at radius 2 is 1.87 bits per heavy atom. The van der Waals surface area contributed by atoms with Gasteiger partial charge in [0.25, 0.3) is 0 Å². The molecule has 0 aliphatic carbocycles. The van der Waals surface area contributed by atoms with Crippen LogP contribution < -0.4 is 22.5 Å². The molecule has 0 spiro atoms. The van der Waals surface area contributed by atoms with E-state index >= 15 is 0 Å². The van der Waals surface area contributed by atoms with E-state index < -0.39 is 54.6 Å².